The van der Waals surface area contributed by atoms with E-state index in [9.17, 15) is 0 Å². The third-order valence-corrected chi connectivity index (χ3v) is 11.2. The Balaban J connectivity index is 1.12. The third kappa shape index (κ3) is 5.26. The van der Waals surface area contributed by atoms with Crippen molar-refractivity contribution in [3.63, 3.8) is 0 Å². The fourth-order valence-corrected chi connectivity index (χ4v) is 8.69. The minimum atomic E-state index is 0.708. The fourth-order valence-electron chi connectivity index (χ4n) is 8.69. The summed E-state index contributed by atoms with van der Waals surface area (Å²) in [4.78, 5) is 10.4. The Morgan fingerprint density at radius 2 is 0.786 bits per heavy atom. The Kier molecular flexibility index (Phi) is 7.53. The summed E-state index contributed by atoms with van der Waals surface area (Å²) in [5, 5.41) is 12.3. The summed E-state index contributed by atoms with van der Waals surface area (Å²) in [5.41, 5.74) is 9.82. The normalized spacial score (nSPS) is 11.6. The van der Waals surface area contributed by atoms with Crippen molar-refractivity contribution in [1.82, 2.24) is 9.97 Å². The van der Waals surface area contributed by atoms with Crippen molar-refractivity contribution in [2.24, 2.45) is 0 Å². The number of nitrogens with zero attached hydrogens (tertiary/aromatic N) is 2. The van der Waals surface area contributed by atoms with Gasteiger partial charge in [-0.3, -0.25) is 0 Å². The van der Waals surface area contributed by atoms with E-state index >= 15 is 0 Å². The van der Waals surface area contributed by atoms with Crippen LogP contribution < -0.4 is 0 Å². The molecule has 0 N–H and O–H groups in total. The number of hydrogen-bond donors (Lipinski definition) is 0. The molecule has 2 heteroatoms. The second-order valence-corrected chi connectivity index (χ2v) is 14.5. The largest absolute Gasteiger partial charge is 0.228 e. The highest BCUT2D eigenvalue weighted by atomic mass is 14.9. The van der Waals surface area contributed by atoms with Crippen LogP contribution in [0.25, 0.3) is 110 Å². The maximum absolute atomic E-state index is 5.24. The van der Waals surface area contributed by atoms with E-state index in [0.717, 1.165) is 28.1 Å². The van der Waals surface area contributed by atoms with Crippen LogP contribution in [0, 0.1) is 0 Å². The molecule has 0 radical (unpaired) electrons. The molecule has 56 heavy (non-hydrogen) atoms. The lowest BCUT2D eigenvalue weighted by molar-refractivity contribution is 1.19. The van der Waals surface area contributed by atoms with Gasteiger partial charge in [0.1, 0.15) is 0 Å². The Hall–Kier alpha value is -7.42. The van der Waals surface area contributed by atoms with Gasteiger partial charge in [0.2, 0.25) is 0 Å². The molecule has 0 bridgehead atoms. The standard InChI is InChI=1S/C54H34N2/c1-3-16-37(17-4-1)52-46-26-14-13-25-45(46)51(47-32-31-35-15-7-10-22-42(35)53(47)52)38-29-27-36(28-30-38)49-34-50(56-54(55-49)39-18-5-2-6-19-39)48-33-40-20-8-9-21-41(40)43-23-11-12-24-44(43)48/h1-34H. The number of rotatable bonds is 5. The summed E-state index contributed by atoms with van der Waals surface area (Å²) < 4.78 is 0. The van der Waals surface area contributed by atoms with Gasteiger partial charge < -0.3 is 0 Å². The van der Waals surface area contributed by atoms with Crippen LogP contribution in [0.4, 0.5) is 0 Å². The van der Waals surface area contributed by atoms with Gasteiger partial charge in [0.15, 0.2) is 5.82 Å². The lowest BCUT2D eigenvalue weighted by atomic mass is 9.84. The Morgan fingerprint density at radius 3 is 1.52 bits per heavy atom. The van der Waals surface area contributed by atoms with E-state index in [1.165, 1.54) is 76.1 Å². The molecular weight excluding hydrogens is 677 g/mol. The summed E-state index contributed by atoms with van der Waals surface area (Å²) >= 11 is 0. The average Bonchev–Trinajstić information content (AvgIpc) is 3.28. The van der Waals surface area contributed by atoms with Gasteiger partial charge >= 0.3 is 0 Å². The zero-order valence-corrected chi connectivity index (χ0v) is 30.5. The van der Waals surface area contributed by atoms with Crippen LogP contribution in [-0.4, -0.2) is 9.97 Å². The first-order chi connectivity index (χ1) is 27.8. The van der Waals surface area contributed by atoms with Crippen molar-refractivity contribution >= 4 is 53.9 Å². The highest BCUT2D eigenvalue weighted by Gasteiger charge is 2.19. The van der Waals surface area contributed by atoms with E-state index in [2.05, 4.69) is 188 Å². The molecule has 0 amide bonds. The molecule has 0 unspecified atom stereocenters. The maximum Gasteiger partial charge on any atom is 0.160 e. The summed E-state index contributed by atoms with van der Waals surface area (Å²) in [7, 11) is 0. The van der Waals surface area contributed by atoms with Crippen molar-refractivity contribution in [3.05, 3.63) is 206 Å². The second kappa shape index (κ2) is 13.2. The van der Waals surface area contributed by atoms with Crippen molar-refractivity contribution < 1.29 is 0 Å². The van der Waals surface area contributed by atoms with Gasteiger partial charge in [-0.1, -0.05) is 194 Å². The van der Waals surface area contributed by atoms with Crippen molar-refractivity contribution in [1.29, 1.82) is 0 Å². The van der Waals surface area contributed by atoms with Crippen molar-refractivity contribution in [2.75, 3.05) is 0 Å². The van der Waals surface area contributed by atoms with Crippen LogP contribution in [-0.2, 0) is 0 Å². The maximum atomic E-state index is 5.24. The molecule has 260 valence electrons. The lowest BCUT2D eigenvalue weighted by Gasteiger charge is -2.19. The lowest BCUT2D eigenvalue weighted by Crippen LogP contribution is -1.97. The molecule has 0 aliphatic rings. The van der Waals surface area contributed by atoms with Gasteiger partial charge in [-0.15, -0.1) is 0 Å². The van der Waals surface area contributed by atoms with E-state index in [0.29, 0.717) is 5.82 Å². The Bertz CT molecular complexity index is 3280. The molecular formula is C54H34N2. The smallest absolute Gasteiger partial charge is 0.160 e. The van der Waals surface area contributed by atoms with Gasteiger partial charge in [-0.2, -0.15) is 0 Å². The zero-order chi connectivity index (χ0) is 37.0. The summed E-state index contributed by atoms with van der Waals surface area (Å²) in [6.45, 7) is 0. The minimum absolute atomic E-state index is 0.708. The fraction of sp³-hybridized carbons (Fsp3) is 0. The van der Waals surface area contributed by atoms with E-state index in [1.807, 2.05) is 18.2 Å². The molecule has 0 atom stereocenters. The van der Waals surface area contributed by atoms with Crippen LogP contribution in [0.3, 0.4) is 0 Å². The van der Waals surface area contributed by atoms with Gasteiger partial charge in [-0.05, 0) is 88.2 Å². The van der Waals surface area contributed by atoms with E-state index in [-0.39, 0.29) is 0 Å². The van der Waals surface area contributed by atoms with E-state index in [1.54, 1.807) is 0 Å². The highest BCUT2D eigenvalue weighted by Crippen LogP contribution is 2.46. The van der Waals surface area contributed by atoms with Crippen molar-refractivity contribution in [3.8, 4) is 56.2 Å². The predicted octanol–water partition coefficient (Wildman–Crippen LogP) is 14.6. The molecule has 1 aromatic heterocycles. The Morgan fingerprint density at radius 1 is 0.268 bits per heavy atom. The van der Waals surface area contributed by atoms with Gasteiger partial charge in [0.25, 0.3) is 0 Å². The van der Waals surface area contributed by atoms with E-state index < -0.39 is 0 Å². The van der Waals surface area contributed by atoms with Gasteiger partial charge in [-0.25, -0.2) is 9.97 Å². The van der Waals surface area contributed by atoms with Gasteiger partial charge in [0.05, 0.1) is 11.4 Å². The van der Waals surface area contributed by atoms with Crippen LogP contribution in [0.5, 0.6) is 0 Å². The average molecular weight is 711 g/mol. The quantitative estimate of drug-likeness (QED) is 0.131. The van der Waals surface area contributed by atoms with Crippen LogP contribution in [0.1, 0.15) is 0 Å². The van der Waals surface area contributed by atoms with Crippen LogP contribution in [0.15, 0.2) is 206 Å². The van der Waals surface area contributed by atoms with Crippen LogP contribution in [0.2, 0.25) is 0 Å². The van der Waals surface area contributed by atoms with E-state index in [4.69, 9.17) is 9.97 Å². The number of aromatic nitrogens is 2. The summed E-state index contributed by atoms with van der Waals surface area (Å²) in [5.74, 6) is 0.708. The first-order valence-electron chi connectivity index (χ1n) is 19.2. The number of fused-ring (bicyclic) bond motifs is 7. The highest BCUT2D eigenvalue weighted by molar-refractivity contribution is 6.28. The third-order valence-electron chi connectivity index (χ3n) is 11.2. The molecule has 0 aliphatic carbocycles. The zero-order valence-electron chi connectivity index (χ0n) is 30.5. The molecule has 11 aromatic rings. The predicted molar refractivity (Wildman–Crippen MR) is 237 cm³/mol. The van der Waals surface area contributed by atoms with Crippen molar-refractivity contribution in [2.45, 2.75) is 0 Å². The summed E-state index contributed by atoms with van der Waals surface area (Å²) in [6.07, 6.45) is 0. The van der Waals surface area contributed by atoms with Gasteiger partial charge in [0, 0.05) is 16.7 Å². The SMILES string of the molecule is c1ccc(-c2nc(-c3ccc(-c4c5ccccc5c(-c5ccccc5)c5c4ccc4ccccc45)cc3)cc(-c3cc4ccccc4c4ccccc34)n2)cc1. The molecule has 0 saturated heterocycles. The molecule has 11 rings (SSSR count). The monoisotopic (exact) mass is 710 g/mol. The second-order valence-electron chi connectivity index (χ2n) is 14.5. The molecule has 0 saturated carbocycles. The number of benzene rings is 10. The molecule has 1 heterocycles. The Labute approximate surface area is 325 Å². The topological polar surface area (TPSA) is 25.8 Å². The molecule has 10 aromatic carbocycles. The molecule has 0 fully saturated rings. The molecule has 2 nitrogen and oxygen atoms in total. The first kappa shape index (κ1) is 32.0. The first-order valence-corrected chi connectivity index (χ1v) is 19.2. The van der Waals surface area contributed by atoms with Crippen LogP contribution >= 0.6 is 0 Å². The summed E-state index contributed by atoms with van der Waals surface area (Å²) in [6, 6.07) is 74.0. The number of hydrogen-bond acceptors (Lipinski definition) is 2. The minimum Gasteiger partial charge on any atom is -0.228 e. The molecule has 0 spiro atoms. The molecule has 0 aliphatic heterocycles.